The molecule has 1 atom stereocenters. The maximum atomic E-state index is 13.1. The first kappa shape index (κ1) is 20.7. The van der Waals surface area contributed by atoms with Gasteiger partial charge in [0.15, 0.2) is 5.82 Å². The third kappa shape index (κ3) is 4.03. The second-order valence-corrected chi connectivity index (χ2v) is 8.49. The van der Waals surface area contributed by atoms with Crippen molar-refractivity contribution in [2.24, 2.45) is 10.5 Å². The average molecular weight is 418 g/mol. The number of hydrogen-bond donors (Lipinski definition) is 0. The molecular weight excluding hydrogens is 395 g/mol. The number of hydrogen-bond acceptors (Lipinski definition) is 5. The summed E-state index contributed by atoms with van der Waals surface area (Å²) in [6.07, 6.45) is 3.98. The molecule has 1 unspecified atom stereocenters. The number of hydrazone groups is 1. The van der Waals surface area contributed by atoms with Gasteiger partial charge in [0.1, 0.15) is 11.5 Å². The van der Waals surface area contributed by atoms with Gasteiger partial charge in [-0.3, -0.25) is 4.79 Å². The third-order valence-corrected chi connectivity index (χ3v) is 5.54. The smallest absolute Gasteiger partial charge is 0.253 e. The van der Waals surface area contributed by atoms with Crippen molar-refractivity contribution in [1.82, 2.24) is 9.97 Å². The molecule has 0 saturated heterocycles. The number of carbonyl (C=O) groups is 1. The minimum atomic E-state index is -0.633. The van der Waals surface area contributed by atoms with Crippen molar-refractivity contribution >= 4 is 18.1 Å². The molecule has 0 spiro atoms. The van der Waals surface area contributed by atoms with E-state index in [9.17, 15) is 9.18 Å². The van der Waals surface area contributed by atoms with Gasteiger partial charge in [-0.15, -0.1) is 0 Å². The molecule has 0 N–H and O–H groups in total. The summed E-state index contributed by atoms with van der Waals surface area (Å²) < 4.78 is 19.0. The molecule has 0 fully saturated rings. The summed E-state index contributed by atoms with van der Waals surface area (Å²) in [5, 5.41) is 5.50. The van der Waals surface area contributed by atoms with Gasteiger partial charge in [0.2, 0.25) is 0 Å². The van der Waals surface area contributed by atoms with Crippen LogP contribution in [0.15, 0.2) is 72.1 Å². The second-order valence-electron chi connectivity index (χ2n) is 8.49. The molecule has 0 aliphatic carbocycles. The van der Waals surface area contributed by atoms with E-state index in [-0.39, 0.29) is 23.7 Å². The monoisotopic (exact) mass is 418 g/mol. The Hall–Kier alpha value is -3.61. The van der Waals surface area contributed by atoms with Crippen LogP contribution in [0.5, 0.6) is 11.5 Å². The molecular formula is C24H23FN4O2. The number of para-hydroxylation sites is 1. The summed E-state index contributed by atoms with van der Waals surface area (Å²) in [7, 11) is 0. The van der Waals surface area contributed by atoms with Crippen molar-refractivity contribution in [3.63, 3.8) is 0 Å². The van der Waals surface area contributed by atoms with Gasteiger partial charge in [0.05, 0.1) is 12.4 Å². The van der Waals surface area contributed by atoms with Gasteiger partial charge in [-0.1, -0.05) is 51.1 Å². The van der Waals surface area contributed by atoms with E-state index in [1.54, 1.807) is 6.21 Å². The average Bonchev–Trinajstić information content (AvgIpc) is 2.75. The molecule has 2 aromatic carbocycles. The quantitative estimate of drug-likeness (QED) is 0.590. The lowest BCUT2D eigenvalue weighted by Crippen LogP contribution is -2.50. The summed E-state index contributed by atoms with van der Waals surface area (Å²) in [6.45, 7) is 6.22. The van der Waals surface area contributed by atoms with Crippen LogP contribution in [0, 0.1) is 11.2 Å². The van der Waals surface area contributed by atoms with E-state index in [2.05, 4.69) is 35.8 Å². The van der Waals surface area contributed by atoms with Gasteiger partial charge in [-0.05, 0) is 35.2 Å². The van der Waals surface area contributed by atoms with E-state index < -0.39 is 11.2 Å². The number of carbonyl (C=O) groups excluding carboxylic acids is 1. The summed E-state index contributed by atoms with van der Waals surface area (Å²) in [6, 6.07) is 17.3. The first-order chi connectivity index (χ1) is 14.8. The number of nitrogens with zero attached hydrogens (tertiary/aromatic N) is 4. The largest absolute Gasteiger partial charge is 0.457 e. The van der Waals surface area contributed by atoms with Crippen LogP contribution in [0.25, 0.3) is 0 Å². The fraction of sp³-hybridized carbons (Fsp3) is 0.250. The van der Waals surface area contributed by atoms with Gasteiger partial charge in [0.25, 0.3) is 11.9 Å². The van der Waals surface area contributed by atoms with Crippen molar-refractivity contribution in [3.05, 3.63) is 78.4 Å². The molecule has 3 aromatic rings. The van der Waals surface area contributed by atoms with Crippen LogP contribution in [0.3, 0.4) is 0 Å². The lowest BCUT2D eigenvalue weighted by atomic mass is 9.61. The standard InChI is InChI=1S/C24H23FN4O2/c1-23(2,3)24(13-21(30)29(28-16-24)22-26-14-18(25)15-27-22)17-9-11-20(12-10-17)31-19-7-5-4-6-8-19/h4-12,14-16H,13H2,1-3H3. The van der Waals surface area contributed by atoms with Crippen LogP contribution < -0.4 is 9.75 Å². The topological polar surface area (TPSA) is 67.7 Å². The van der Waals surface area contributed by atoms with E-state index in [1.165, 1.54) is 0 Å². The Bertz CT molecular complexity index is 1090. The predicted octanol–water partition coefficient (Wildman–Crippen LogP) is 5.11. The van der Waals surface area contributed by atoms with Crippen LogP contribution in [-0.4, -0.2) is 22.1 Å². The highest BCUT2D eigenvalue weighted by molar-refractivity contribution is 5.99. The van der Waals surface area contributed by atoms with Crippen molar-refractivity contribution in [2.45, 2.75) is 32.6 Å². The van der Waals surface area contributed by atoms with E-state index >= 15 is 0 Å². The molecule has 4 rings (SSSR count). The fourth-order valence-electron chi connectivity index (χ4n) is 3.67. The maximum Gasteiger partial charge on any atom is 0.253 e. The zero-order valence-corrected chi connectivity index (χ0v) is 17.6. The first-order valence-electron chi connectivity index (χ1n) is 9.98. The zero-order chi connectivity index (χ0) is 22.1. The third-order valence-electron chi connectivity index (χ3n) is 5.54. The molecule has 0 radical (unpaired) electrons. The molecule has 2 heterocycles. The summed E-state index contributed by atoms with van der Waals surface area (Å²) in [5.41, 5.74) is 0.0208. The Kier molecular flexibility index (Phi) is 5.27. The van der Waals surface area contributed by atoms with Crippen molar-refractivity contribution in [3.8, 4) is 11.5 Å². The number of benzene rings is 2. The van der Waals surface area contributed by atoms with Crippen LogP contribution in [0.2, 0.25) is 0 Å². The highest BCUT2D eigenvalue weighted by Crippen LogP contribution is 2.45. The first-order valence-corrected chi connectivity index (χ1v) is 9.98. The lowest BCUT2D eigenvalue weighted by Gasteiger charge is -2.44. The van der Waals surface area contributed by atoms with Crippen molar-refractivity contribution in [1.29, 1.82) is 0 Å². The Morgan fingerprint density at radius 3 is 2.16 bits per heavy atom. The molecule has 1 amide bonds. The van der Waals surface area contributed by atoms with E-state index in [1.807, 2.05) is 54.6 Å². The number of rotatable bonds is 4. The number of halogens is 1. The van der Waals surface area contributed by atoms with Gasteiger partial charge < -0.3 is 4.74 Å². The van der Waals surface area contributed by atoms with Gasteiger partial charge >= 0.3 is 0 Å². The van der Waals surface area contributed by atoms with Crippen LogP contribution in [-0.2, 0) is 10.2 Å². The Labute approximate surface area is 180 Å². The molecule has 1 aliphatic heterocycles. The summed E-state index contributed by atoms with van der Waals surface area (Å²) in [5.74, 6) is 0.689. The molecule has 1 aliphatic rings. The second kappa shape index (κ2) is 7.91. The number of aromatic nitrogens is 2. The Morgan fingerprint density at radius 2 is 1.58 bits per heavy atom. The highest BCUT2D eigenvalue weighted by atomic mass is 19.1. The normalized spacial score (nSPS) is 18.8. The molecule has 6 nitrogen and oxygen atoms in total. The number of anilines is 1. The number of ether oxygens (including phenoxy) is 1. The van der Waals surface area contributed by atoms with Crippen LogP contribution >= 0.6 is 0 Å². The van der Waals surface area contributed by atoms with Crippen LogP contribution in [0.1, 0.15) is 32.8 Å². The Morgan fingerprint density at radius 1 is 0.968 bits per heavy atom. The summed E-state index contributed by atoms with van der Waals surface area (Å²) in [4.78, 5) is 20.8. The molecule has 158 valence electrons. The molecule has 0 saturated carbocycles. The van der Waals surface area contributed by atoms with Crippen molar-refractivity contribution in [2.75, 3.05) is 5.01 Å². The Balaban J connectivity index is 1.65. The van der Waals surface area contributed by atoms with Gasteiger partial charge in [0, 0.05) is 18.1 Å². The minimum Gasteiger partial charge on any atom is -0.457 e. The molecule has 7 heteroatoms. The SMILES string of the molecule is CC(C)(C)C1(c2ccc(Oc3ccccc3)cc2)C=NN(c2ncc(F)cn2)C(=O)C1. The van der Waals surface area contributed by atoms with E-state index in [0.29, 0.717) is 5.75 Å². The number of amides is 1. The molecule has 1 aromatic heterocycles. The predicted molar refractivity (Wildman–Crippen MR) is 117 cm³/mol. The van der Waals surface area contributed by atoms with E-state index in [4.69, 9.17) is 4.74 Å². The van der Waals surface area contributed by atoms with Gasteiger partial charge in [-0.25, -0.2) is 14.4 Å². The zero-order valence-electron chi connectivity index (χ0n) is 17.6. The van der Waals surface area contributed by atoms with Gasteiger partial charge in [-0.2, -0.15) is 10.1 Å². The van der Waals surface area contributed by atoms with E-state index in [0.717, 1.165) is 28.7 Å². The maximum absolute atomic E-state index is 13.1. The lowest BCUT2D eigenvalue weighted by molar-refractivity contribution is -0.120. The van der Waals surface area contributed by atoms with Crippen LogP contribution in [0.4, 0.5) is 10.3 Å². The fourth-order valence-corrected chi connectivity index (χ4v) is 3.67. The molecule has 31 heavy (non-hydrogen) atoms. The van der Waals surface area contributed by atoms with Crippen molar-refractivity contribution < 1.29 is 13.9 Å². The minimum absolute atomic E-state index is 0.0526. The summed E-state index contributed by atoms with van der Waals surface area (Å²) >= 11 is 0. The highest BCUT2D eigenvalue weighted by Gasteiger charge is 2.47. The molecule has 0 bridgehead atoms.